The highest BCUT2D eigenvalue weighted by Gasteiger charge is 2.09. The molecule has 0 aliphatic rings. The number of hydrogen-bond donors (Lipinski definition) is 2. The van der Waals surface area contributed by atoms with Crippen molar-refractivity contribution in [3.8, 4) is 11.5 Å². The smallest absolute Gasteiger partial charge is 0.243 e. The van der Waals surface area contributed by atoms with Gasteiger partial charge in [0.05, 0.1) is 19.8 Å². The molecule has 0 aromatic heterocycles. The van der Waals surface area contributed by atoms with Crippen LogP contribution in [0.1, 0.15) is 19.4 Å². The number of ether oxygens (including phenoxy) is 2. The molecule has 5 heteroatoms. The fraction of sp³-hybridized carbons (Fsp3) is 0.316. The van der Waals surface area contributed by atoms with Crippen LogP contribution in [0.5, 0.6) is 11.5 Å². The lowest BCUT2D eigenvalue weighted by Gasteiger charge is -2.13. The van der Waals surface area contributed by atoms with Crippen molar-refractivity contribution in [3.63, 3.8) is 0 Å². The molecule has 0 saturated carbocycles. The summed E-state index contributed by atoms with van der Waals surface area (Å²) in [5.74, 6) is 1.18. The first-order chi connectivity index (χ1) is 11.6. The number of carbonyl (C=O) groups is 1. The number of amides is 1. The van der Waals surface area contributed by atoms with Gasteiger partial charge in [-0.1, -0.05) is 18.2 Å². The Bertz CT molecular complexity index is 686. The average molecular weight is 328 g/mol. The van der Waals surface area contributed by atoms with E-state index >= 15 is 0 Å². The summed E-state index contributed by atoms with van der Waals surface area (Å²) in [4.78, 5) is 12.1. The van der Waals surface area contributed by atoms with Gasteiger partial charge in [0.15, 0.2) is 11.5 Å². The molecular formula is C19H24N2O3. The third-order valence-electron chi connectivity index (χ3n) is 3.41. The predicted molar refractivity (Wildman–Crippen MR) is 97.1 cm³/mol. The molecule has 2 aromatic carbocycles. The fourth-order valence-electron chi connectivity index (χ4n) is 2.28. The molecule has 5 nitrogen and oxygen atoms in total. The third kappa shape index (κ3) is 4.91. The van der Waals surface area contributed by atoms with Crippen LogP contribution in [0.15, 0.2) is 42.5 Å². The second kappa shape index (κ2) is 8.82. The van der Waals surface area contributed by atoms with E-state index in [-0.39, 0.29) is 12.5 Å². The van der Waals surface area contributed by atoms with E-state index in [1.54, 1.807) is 18.2 Å². The monoisotopic (exact) mass is 328 g/mol. The Balaban J connectivity index is 1.98. The Kier molecular flexibility index (Phi) is 6.49. The Morgan fingerprint density at radius 1 is 1.00 bits per heavy atom. The summed E-state index contributed by atoms with van der Waals surface area (Å²) < 4.78 is 11.1. The summed E-state index contributed by atoms with van der Waals surface area (Å²) in [6, 6.07) is 13.2. The van der Waals surface area contributed by atoms with Gasteiger partial charge in [-0.3, -0.25) is 4.79 Å². The molecule has 0 saturated heterocycles. The molecule has 128 valence electrons. The van der Waals surface area contributed by atoms with Crippen molar-refractivity contribution < 1.29 is 14.3 Å². The maximum absolute atomic E-state index is 12.1. The number of benzene rings is 2. The van der Waals surface area contributed by atoms with Crippen molar-refractivity contribution in [2.75, 3.05) is 30.4 Å². The van der Waals surface area contributed by atoms with Crippen molar-refractivity contribution in [1.29, 1.82) is 0 Å². The minimum Gasteiger partial charge on any atom is -0.490 e. The molecule has 0 atom stereocenters. The van der Waals surface area contributed by atoms with Crippen LogP contribution < -0.4 is 20.1 Å². The number of carbonyl (C=O) groups excluding carboxylic acids is 1. The molecule has 0 aliphatic heterocycles. The molecule has 0 radical (unpaired) electrons. The van der Waals surface area contributed by atoms with Crippen LogP contribution in [0.4, 0.5) is 11.4 Å². The van der Waals surface area contributed by atoms with E-state index < -0.39 is 0 Å². The highest BCUT2D eigenvalue weighted by molar-refractivity contribution is 5.94. The van der Waals surface area contributed by atoms with Crippen LogP contribution in [-0.4, -0.2) is 25.7 Å². The normalized spacial score (nSPS) is 10.1. The highest BCUT2D eigenvalue weighted by Crippen LogP contribution is 2.30. The number of rotatable bonds is 8. The zero-order chi connectivity index (χ0) is 17.4. The Morgan fingerprint density at radius 3 is 2.42 bits per heavy atom. The molecular weight excluding hydrogens is 304 g/mol. The minimum absolute atomic E-state index is 0.120. The molecule has 0 heterocycles. The second-order valence-corrected chi connectivity index (χ2v) is 5.24. The predicted octanol–water partition coefficient (Wildman–Crippen LogP) is 3.84. The summed E-state index contributed by atoms with van der Waals surface area (Å²) >= 11 is 0. The van der Waals surface area contributed by atoms with Gasteiger partial charge in [-0.25, -0.2) is 0 Å². The highest BCUT2D eigenvalue weighted by atomic mass is 16.5. The molecule has 1 amide bonds. The van der Waals surface area contributed by atoms with Crippen LogP contribution in [0.3, 0.4) is 0 Å². The summed E-state index contributed by atoms with van der Waals surface area (Å²) in [7, 11) is 0. The van der Waals surface area contributed by atoms with Gasteiger partial charge in [0.1, 0.15) is 0 Å². The van der Waals surface area contributed by atoms with Crippen LogP contribution in [0.25, 0.3) is 0 Å². The Morgan fingerprint density at radius 2 is 1.71 bits per heavy atom. The van der Waals surface area contributed by atoms with Gasteiger partial charge in [0.2, 0.25) is 5.91 Å². The SMILES string of the molecule is CCOc1ccc(NC(=O)CNc2ccccc2C)cc1OCC. The van der Waals surface area contributed by atoms with Crippen molar-refractivity contribution in [3.05, 3.63) is 48.0 Å². The summed E-state index contributed by atoms with van der Waals surface area (Å²) in [6.45, 7) is 7.12. The van der Waals surface area contributed by atoms with Crippen molar-refractivity contribution in [2.24, 2.45) is 0 Å². The van der Waals surface area contributed by atoms with Crippen molar-refractivity contribution in [1.82, 2.24) is 0 Å². The zero-order valence-electron chi connectivity index (χ0n) is 14.4. The topological polar surface area (TPSA) is 59.6 Å². The lowest BCUT2D eigenvalue weighted by atomic mass is 10.2. The summed E-state index contributed by atoms with van der Waals surface area (Å²) in [6.07, 6.45) is 0. The van der Waals surface area contributed by atoms with Crippen molar-refractivity contribution >= 4 is 17.3 Å². The maximum Gasteiger partial charge on any atom is 0.243 e. The van der Waals surface area contributed by atoms with Crippen LogP contribution in [-0.2, 0) is 4.79 Å². The molecule has 0 aliphatic carbocycles. The minimum atomic E-state index is -0.120. The van der Waals surface area contributed by atoms with E-state index in [0.717, 1.165) is 11.3 Å². The van der Waals surface area contributed by atoms with E-state index in [1.165, 1.54) is 0 Å². The lowest BCUT2D eigenvalue weighted by Crippen LogP contribution is -2.22. The standard InChI is InChI=1S/C19H24N2O3/c1-4-23-17-11-10-15(12-18(17)24-5-2)21-19(22)13-20-16-9-7-6-8-14(16)3/h6-12,20H,4-5,13H2,1-3H3,(H,21,22). The molecule has 2 rings (SSSR count). The number of para-hydroxylation sites is 1. The molecule has 24 heavy (non-hydrogen) atoms. The first kappa shape index (κ1) is 17.7. The average Bonchev–Trinajstić information content (AvgIpc) is 2.57. The first-order valence-electron chi connectivity index (χ1n) is 8.13. The van der Waals surface area contributed by atoms with E-state index in [2.05, 4.69) is 10.6 Å². The van der Waals surface area contributed by atoms with Gasteiger partial charge in [-0.2, -0.15) is 0 Å². The number of hydrogen-bond acceptors (Lipinski definition) is 4. The summed E-state index contributed by atoms with van der Waals surface area (Å²) in [5, 5.41) is 6.00. The quantitative estimate of drug-likeness (QED) is 0.773. The van der Waals surface area contributed by atoms with Gasteiger partial charge >= 0.3 is 0 Å². The number of anilines is 2. The van der Waals surface area contributed by atoms with Crippen molar-refractivity contribution in [2.45, 2.75) is 20.8 Å². The molecule has 0 unspecified atom stereocenters. The van der Waals surface area contributed by atoms with Gasteiger partial charge in [-0.05, 0) is 44.5 Å². The van der Waals surface area contributed by atoms with Gasteiger partial charge in [0.25, 0.3) is 0 Å². The molecule has 0 spiro atoms. The molecule has 2 aromatic rings. The Labute approximate surface area is 143 Å². The fourth-order valence-corrected chi connectivity index (χ4v) is 2.28. The molecule has 2 N–H and O–H groups in total. The third-order valence-corrected chi connectivity index (χ3v) is 3.41. The zero-order valence-corrected chi connectivity index (χ0v) is 14.4. The van der Waals surface area contributed by atoms with E-state index in [1.807, 2.05) is 45.0 Å². The number of nitrogens with one attached hydrogen (secondary N) is 2. The van der Waals surface area contributed by atoms with Crippen LogP contribution >= 0.6 is 0 Å². The van der Waals surface area contributed by atoms with E-state index in [0.29, 0.717) is 30.4 Å². The molecule has 0 bridgehead atoms. The molecule has 0 fully saturated rings. The summed E-state index contributed by atoms with van der Waals surface area (Å²) in [5.41, 5.74) is 2.73. The van der Waals surface area contributed by atoms with Gasteiger partial charge < -0.3 is 20.1 Å². The second-order valence-electron chi connectivity index (χ2n) is 5.24. The van der Waals surface area contributed by atoms with Crippen LogP contribution in [0.2, 0.25) is 0 Å². The van der Waals surface area contributed by atoms with E-state index in [4.69, 9.17) is 9.47 Å². The van der Waals surface area contributed by atoms with Gasteiger partial charge in [0, 0.05) is 17.4 Å². The number of aryl methyl sites for hydroxylation is 1. The van der Waals surface area contributed by atoms with E-state index in [9.17, 15) is 4.79 Å². The van der Waals surface area contributed by atoms with Gasteiger partial charge in [-0.15, -0.1) is 0 Å². The maximum atomic E-state index is 12.1. The first-order valence-corrected chi connectivity index (χ1v) is 8.13. The Hall–Kier alpha value is -2.69. The van der Waals surface area contributed by atoms with Crippen LogP contribution in [0, 0.1) is 6.92 Å². The largest absolute Gasteiger partial charge is 0.490 e. The lowest BCUT2D eigenvalue weighted by molar-refractivity contribution is -0.114.